The Bertz CT molecular complexity index is 945. The summed E-state index contributed by atoms with van der Waals surface area (Å²) < 4.78 is 7.28. The Hall–Kier alpha value is -3.34. The fourth-order valence-electron chi connectivity index (χ4n) is 2.90. The van der Waals surface area contributed by atoms with Crippen molar-refractivity contribution in [2.75, 3.05) is 6.61 Å². The Balaban J connectivity index is 1.33. The molecule has 5 nitrogen and oxygen atoms in total. The van der Waals surface area contributed by atoms with Crippen LogP contribution in [-0.4, -0.2) is 22.3 Å². The van der Waals surface area contributed by atoms with Gasteiger partial charge in [0.25, 0.3) is 0 Å². The van der Waals surface area contributed by atoms with Crippen LogP contribution < -0.4 is 10.1 Å². The number of aromatic nitrogens is 2. The molecule has 1 aliphatic heterocycles. The van der Waals surface area contributed by atoms with Crippen molar-refractivity contribution in [3.63, 3.8) is 0 Å². The first-order valence-corrected chi connectivity index (χ1v) is 8.58. The molecule has 2 aromatic carbocycles. The number of rotatable bonds is 5. The first kappa shape index (κ1) is 16.1. The van der Waals surface area contributed by atoms with Crippen LogP contribution in [0.15, 0.2) is 67.0 Å². The highest BCUT2D eigenvalue weighted by atomic mass is 16.5. The number of hydrogen-bond acceptors (Lipinski definition) is 3. The highest BCUT2D eigenvalue weighted by Crippen LogP contribution is 2.26. The van der Waals surface area contributed by atoms with Crippen LogP contribution in [0.2, 0.25) is 0 Å². The molecule has 26 heavy (non-hydrogen) atoms. The second-order valence-electron chi connectivity index (χ2n) is 6.15. The van der Waals surface area contributed by atoms with E-state index >= 15 is 0 Å². The average Bonchev–Trinajstić information content (AvgIpc) is 3.34. The summed E-state index contributed by atoms with van der Waals surface area (Å²) in [4.78, 5) is 12.1. The molecule has 1 amide bonds. The molecule has 0 spiro atoms. The Kier molecular flexibility index (Phi) is 4.51. The number of fused-ring (bicyclic) bond motifs is 1. The standard InChI is InChI=1S/C21H19N3O2/c25-21(9-7-16-6-8-20-18(12-16)10-11-26-20)22-13-17-14-23-24(15-17)19-4-2-1-3-5-19/h1-9,12,14-15H,10-11,13H2,(H,22,25)/b9-7+. The van der Waals surface area contributed by atoms with Crippen LogP contribution in [0.5, 0.6) is 5.75 Å². The molecular weight excluding hydrogens is 326 g/mol. The molecule has 0 bridgehead atoms. The third kappa shape index (κ3) is 3.67. The SMILES string of the molecule is O=C(/C=C/c1ccc2c(c1)CCO2)NCc1cnn(-c2ccccc2)c1. The third-order valence-corrected chi connectivity index (χ3v) is 4.26. The van der Waals surface area contributed by atoms with E-state index < -0.39 is 0 Å². The summed E-state index contributed by atoms with van der Waals surface area (Å²) in [5.74, 6) is 0.816. The van der Waals surface area contributed by atoms with E-state index in [1.54, 1.807) is 17.0 Å². The number of carbonyl (C=O) groups excluding carboxylic acids is 1. The van der Waals surface area contributed by atoms with E-state index in [0.717, 1.165) is 35.6 Å². The van der Waals surface area contributed by atoms with Gasteiger partial charge in [0.2, 0.25) is 5.91 Å². The molecule has 1 aliphatic rings. The summed E-state index contributed by atoms with van der Waals surface area (Å²) in [7, 11) is 0. The Morgan fingerprint density at radius 2 is 2.12 bits per heavy atom. The number of nitrogens with zero attached hydrogens (tertiary/aromatic N) is 2. The maximum absolute atomic E-state index is 12.1. The largest absolute Gasteiger partial charge is 0.493 e. The Labute approximate surface area is 151 Å². The lowest BCUT2D eigenvalue weighted by atomic mass is 10.1. The molecule has 0 atom stereocenters. The van der Waals surface area contributed by atoms with Gasteiger partial charge in [0.05, 0.1) is 18.5 Å². The highest BCUT2D eigenvalue weighted by Gasteiger charge is 2.11. The second kappa shape index (κ2) is 7.27. The van der Waals surface area contributed by atoms with Crippen LogP contribution in [0.25, 0.3) is 11.8 Å². The monoisotopic (exact) mass is 345 g/mol. The van der Waals surface area contributed by atoms with Crippen LogP contribution >= 0.6 is 0 Å². The molecule has 1 aromatic heterocycles. The Morgan fingerprint density at radius 3 is 3.00 bits per heavy atom. The van der Waals surface area contributed by atoms with Gasteiger partial charge in [-0.1, -0.05) is 24.3 Å². The zero-order valence-electron chi connectivity index (χ0n) is 14.3. The highest BCUT2D eigenvalue weighted by molar-refractivity contribution is 5.91. The first-order chi connectivity index (χ1) is 12.8. The average molecular weight is 345 g/mol. The van der Waals surface area contributed by atoms with Crippen molar-refractivity contribution in [1.29, 1.82) is 0 Å². The van der Waals surface area contributed by atoms with Gasteiger partial charge in [0, 0.05) is 30.8 Å². The van der Waals surface area contributed by atoms with E-state index in [0.29, 0.717) is 6.54 Å². The Morgan fingerprint density at radius 1 is 1.23 bits per heavy atom. The predicted octanol–water partition coefficient (Wildman–Crippen LogP) is 3.14. The minimum Gasteiger partial charge on any atom is -0.493 e. The quantitative estimate of drug-likeness (QED) is 0.723. The molecule has 0 radical (unpaired) electrons. The van der Waals surface area contributed by atoms with Gasteiger partial charge in [-0.05, 0) is 41.5 Å². The molecule has 0 saturated carbocycles. The van der Waals surface area contributed by atoms with E-state index in [-0.39, 0.29) is 5.91 Å². The number of nitrogens with one attached hydrogen (secondary N) is 1. The van der Waals surface area contributed by atoms with Gasteiger partial charge >= 0.3 is 0 Å². The van der Waals surface area contributed by atoms with Crippen LogP contribution in [-0.2, 0) is 17.8 Å². The minimum atomic E-state index is -0.130. The molecule has 0 fully saturated rings. The number of carbonyl (C=O) groups is 1. The van der Waals surface area contributed by atoms with Gasteiger partial charge in [0.15, 0.2) is 0 Å². The van der Waals surface area contributed by atoms with E-state index in [2.05, 4.69) is 16.5 Å². The number of hydrogen-bond donors (Lipinski definition) is 1. The lowest BCUT2D eigenvalue weighted by molar-refractivity contribution is -0.116. The molecule has 0 aliphatic carbocycles. The molecule has 0 unspecified atom stereocenters. The van der Waals surface area contributed by atoms with Crippen LogP contribution in [0.4, 0.5) is 0 Å². The van der Waals surface area contributed by atoms with E-state index in [9.17, 15) is 4.79 Å². The van der Waals surface area contributed by atoms with Gasteiger partial charge < -0.3 is 10.1 Å². The smallest absolute Gasteiger partial charge is 0.244 e. The summed E-state index contributed by atoms with van der Waals surface area (Å²) in [5, 5.41) is 7.21. The normalized spacial score (nSPS) is 12.8. The summed E-state index contributed by atoms with van der Waals surface area (Å²) in [6.45, 7) is 1.17. The molecule has 130 valence electrons. The molecule has 0 saturated heterocycles. The molecular formula is C21H19N3O2. The van der Waals surface area contributed by atoms with Gasteiger partial charge in [-0.15, -0.1) is 0 Å². The zero-order chi connectivity index (χ0) is 17.8. The second-order valence-corrected chi connectivity index (χ2v) is 6.15. The fourth-order valence-corrected chi connectivity index (χ4v) is 2.90. The molecule has 3 aromatic rings. The third-order valence-electron chi connectivity index (χ3n) is 4.26. The van der Waals surface area contributed by atoms with Crippen LogP contribution in [0.3, 0.4) is 0 Å². The maximum atomic E-state index is 12.1. The van der Waals surface area contributed by atoms with Crippen molar-refractivity contribution in [3.8, 4) is 11.4 Å². The molecule has 4 rings (SSSR count). The molecule has 5 heteroatoms. The van der Waals surface area contributed by atoms with Crippen molar-refractivity contribution in [2.24, 2.45) is 0 Å². The van der Waals surface area contributed by atoms with Crippen molar-refractivity contribution < 1.29 is 9.53 Å². The summed E-state index contributed by atoms with van der Waals surface area (Å²) in [6.07, 6.45) is 7.98. The van der Waals surface area contributed by atoms with Gasteiger partial charge in [-0.25, -0.2) is 4.68 Å². The van der Waals surface area contributed by atoms with E-state index in [1.165, 1.54) is 5.56 Å². The summed E-state index contributed by atoms with van der Waals surface area (Å²) in [5.41, 5.74) is 4.14. The lowest BCUT2D eigenvalue weighted by Gasteiger charge is -2.01. The predicted molar refractivity (Wildman–Crippen MR) is 100 cm³/mol. The number of benzene rings is 2. The summed E-state index contributed by atoms with van der Waals surface area (Å²) in [6, 6.07) is 15.8. The van der Waals surface area contributed by atoms with Crippen LogP contribution in [0.1, 0.15) is 16.7 Å². The number of para-hydroxylation sites is 1. The number of ether oxygens (including phenoxy) is 1. The lowest BCUT2D eigenvalue weighted by Crippen LogP contribution is -2.19. The van der Waals surface area contributed by atoms with Crippen LogP contribution in [0, 0.1) is 0 Å². The maximum Gasteiger partial charge on any atom is 0.244 e. The molecule has 1 N–H and O–H groups in total. The van der Waals surface area contributed by atoms with Gasteiger partial charge in [-0.2, -0.15) is 5.10 Å². The van der Waals surface area contributed by atoms with Gasteiger partial charge in [-0.3, -0.25) is 4.79 Å². The topological polar surface area (TPSA) is 56.1 Å². The minimum absolute atomic E-state index is 0.130. The molecule has 2 heterocycles. The van der Waals surface area contributed by atoms with Crippen molar-refractivity contribution in [3.05, 3.63) is 83.7 Å². The van der Waals surface area contributed by atoms with E-state index in [4.69, 9.17) is 4.74 Å². The number of amides is 1. The fraction of sp³-hybridized carbons (Fsp3) is 0.143. The van der Waals surface area contributed by atoms with Crippen molar-refractivity contribution in [2.45, 2.75) is 13.0 Å². The zero-order valence-corrected chi connectivity index (χ0v) is 14.3. The van der Waals surface area contributed by atoms with Gasteiger partial charge in [0.1, 0.15) is 5.75 Å². The summed E-state index contributed by atoms with van der Waals surface area (Å²) >= 11 is 0. The first-order valence-electron chi connectivity index (χ1n) is 8.58. The van der Waals surface area contributed by atoms with Crippen molar-refractivity contribution >= 4 is 12.0 Å². The van der Waals surface area contributed by atoms with E-state index in [1.807, 2.05) is 54.7 Å². The van der Waals surface area contributed by atoms with Crippen molar-refractivity contribution in [1.82, 2.24) is 15.1 Å².